The number of aromatic nitrogens is 5. The molecule has 7 heteroatoms. The highest BCUT2D eigenvalue weighted by molar-refractivity contribution is 5.55. The minimum atomic E-state index is 0.268. The molecule has 1 aliphatic rings. The first-order valence-corrected chi connectivity index (χ1v) is 8.75. The van der Waals surface area contributed by atoms with E-state index in [1.54, 1.807) is 18.6 Å². The van der Waals surface area contributed by atoms with Crippen LogP contribution in [0.15, 0.2) is 42.9 Å². The molecule has 1 unspecified atom stereocenters. The van der Waals surface area contributed by atoms with Crippen molar-refractivity contribution in [3.63, 3.8) is 0 Å². The standard InChI is InChI=1S/C19H21N7/c1-13-5-3-7-20-17(13)24-16-11-14(2)23-18(25-16)15-6-10-26(12-15)19-21-8-4-9-22-19/h3-5,7-9,11,15H,6,10,12H2,1-2H3,(H,20,23,24,25). The molecule has 1 saturated heterocycles. The van der Waals surface area contributed by atoms with Gasteiger partial charge in [-0.05, 0) is 38.0 Å². The quantitative estimate of drug-likeness (QED) is 0.777. The normalized spacial score (nSPS) is 16.7. The molecular weight excluding hydrogens is 326 g/mol. The van der Waals surface area contributed by atoms with Crippen molar-refractivity contribution in [3.8, 4) is 0 Å². The van der Waals surface area contributed by atoms with Crippen molar-refractivity contribution < 1.29 is 0 Å². The van der Waals surface area contributed by atoms with Crippen LogP contribution in [0.2, 0.25) is 0 Å². The summed E-state index contributed by atoms with van der Waals surface area (Å²) in [6, 6.07) is 7.73. The number of pyridine rings is 1. The lowest BCUT2D eigenvalue weighted by Crippen LogP contribution is -2.22. The predicted octanol–water partition coefficient (Wildman–Crippen LogP) is 3.02. The number of hydrogen-bond donors (Lipinski definition) is 1. The van der Waals surface area contributed by atoms with E-state index in [1.807, 2.05) is 38.1 Å². The minimum absolute atomic E-state index is 0.268. The third kappa shape index (κ3) is 3.46. The lowest BCUT2D eigenvalue weighted by molar-refractivity contribution is 0.704. The number of hydrogen-bond acceptors (Lipinski definition) is 7. The topological polar surface area (TPSA) is 79.7 Å². The van der Waals surface area contributed by atoms with E-state index in [2.05, 4.69) is 30.2 Å². The molecule has 0 aliphatic carbocycles. The first kappa shape index (κ1) is 16.4. The number of nitrogens with zero attached hydrogens (tertiary/aromatic N) is 6. The van der Waals surface area contributed by atoms with Crippen LogP contribution in [0.5, 0.6) is 0 Å². The monoisotopic (exact) mass is 347 g/mol. The van der Waals surface area contributed by atoms with Crippen LogP contribution in [0.4, 0.5) is 17.6 Å². The average Bonchev–Trinajstić information content (AvgIpc) is 3.14. The highest BCUT2D eigenvalue weighted by Crippen LogP contribution is 2.28. The molecule has 0 saturated carbocycles. The molecule has 3 aromatic rings. The molecule has 132 valence electrons. The molecule has 1 fully saturated rings. The molecule has 4 heterocycles. The van der Waals surface area contributed by atoms with E-state index in [9.17, 15) is 0 Å². The van der Waals surface area contributed by atoms with Gasteiger partial charge in [-0.1, -0.05) is 6.07 Å². The van der Waals surface area contributed by atoms with E-state index >= 15 is 0 Å². The maximum absolute atomic E-state index is 4.75. The summed E-state index contributed by atoms with van der Waals surface area (Å²) in [4.78, 5) is 24.7. The Balaban J connectivity index is 1.54. The van der Waals surface area contributed by atoms with Gasteiger partial charge in [-0.15, -0.1) is 0 Å². The second-order valence-corrected chi connectivity index (χ2v) is 6.53. The first-order chi connectivity index (χ1) is 12.7. The van der Waals surface area contributed by atoms with Crippen LogP contribution in [0.1, 0.15) is 29.4 Å². The average molecular weight is 347 g/mol. The molecule has 26 heavy (non-hydrogen) atoms. The van der Waals surface area contributed by atoms with E-state index in [0.29, 0.717) is 0 Å². The van der Waals surface area contributed by atoms with E-state index in [4.69, 9.17) is 4.98 Å². The SMILES string of the molecule is Cc1cc(Nc2ncccc2C)nc(C2CCN(c3ncccn3)C2)n1. The number of aryl methyl sites for hydroxylation is 2. The zero-order chi connectivity index (χ0) is 17.9. The highest BCUT2D eigenvalue weighted by Gasteiger charge is 2.28. The van der Waals surface area contributed by atoms with Crippen LogP contribution in [0, 0.1) is 13.8 Å². The van der Waals surface area contributed by atoms with Gasteiger partial charge in [-0.3, -0.25) is 0 Å². The summed E-state index contributed by atoms with van der Waals surface area (Å²) in [6.07, 6.45) is 6.31. The van der Waals surface area contributed by atoms with Crippen LogP contribution < -0.4 is 10.2 Å². The van der Waals surface area contributed by atoms with Gasteiger partial charge >= 0.3 is 0 Å². The summed E-state index contributed by atoms with van der Waals surface area (Å²) < 4.78 is 0. The fraction of sp³-hybridized carbons (Fsp3) is 0.316. The van der Waals surface area contributed by atoms with E-state index < -0.39 is 0 Å². The molecule has 0 bridgehead atoms. The smallest absolute Gasteiger partial charge is 0.225 e. The summed E-state index contributed by atoms with van der Waals surface area (Å²) in [5.41, 5.74) is 2.03. The maximum Gasteiger partial charge on any atom is 0.225 e. The third-order valence-electron chi connectivity index (χ3n) is 4.52. The van der Waals surface area contributed by atoms with E-state index in [-0.39, 0.29) is 5.92 Å². The zero-order valence-corrected chi connectivity index (χ0v) is 14.9. The molecule has 0 radical (unpaired) electrons. The molecule has 0 aromatic carbocycles. The first-order valence-electron chi connectivity index (χ1n) is 8.75. The maximum atomic E-state index is 4.75. The summed E-state index contributed by atoms with van der Waals surface area (Å²) >= 11 is 0. The summed E-state index contributed by atoms with van der Waals surface area (Å²) in [5.74, 6) is 3.50. The van der Waals surface area contributed by atoms with Gasteiger partial charge in [-0.2, -0.15) is 0 Å². The summed E-state index contributed by atoms with van der Waals surface area (Å²) in [5, 5.41) is 3.32. The highest BCUT2D eigenvalue weighted by atomic mass is 15.3. The van der Waals surface area contributed by atoms with Crippen molar-refractivity contribution in [1.82, 2.24) is 24.9 Å². The van der Waals surface area contributed by atoms with Crippen molar-refractivity contribution in [2.24, 2.45) is 0 Å². The molecule has 4 rings (SSSR count). The Morgan fingerprint density at radius 3 is 2.65 bits per heavy atom. The van der Waals surface area contributed by atoms with E-state index in [0.717, 1.165) is 54.2 Å². The fourth-order valence-electron chi connectivity index (χ4n) is 3.18. The minimum Gasteiger partial charge on any atom is -0.340 e. The fourth-order valence-corrected chi connectivity index (χ4v) is 3.18. The van der Waals surface area contributed by atoms with Gasteiger partial charge in [0.15, 0.2) is 0 Å². The Kier molecular flexibility index (Phi) is 4.43. The van der Waals surface area contributed by atoms with Crippen molar-refractivity contribution >= 4 is 17.6 Å². The Hall–Kier alpha value is -3.09. The molecule has 1 N–H and O–H groups in total. The Morgan fingerprint density at radius 2 is 1.85 bits per heavy atom. The molecule has 0 spiro atoms. The Labute approximate surface area is 152 Å². The van der Waals surface area contributed by atoms with Gasteiger partial charge in [0.2, 0.25) is 5.95 Å². The number of nitrogens with one attached hydrogen (secondary N) is 1. The second kappa shape index (κ2) is 7.03. The molecule has 7 nitrogen and oxygen atoms in total. The Morgan fingerprint density at radius 1 is 1.04 bits per heavy atom. The second-order valence-electron chi connectivity index (χ2n) is 6.53. The van der Waals surface area contributed by atoms with Crippen molar-refractivity contribution in [2.45, 2.75) is 26.2 Å². The van der Waals surface area contributed by atoms with Crippen molar-refractivity contribution in [3.05, 3.63) is 59.9 Å². The lowest BCUT2D eigenvalue weighted by atomic mass is 10.1. The van der Waals surface area contributed by atoms with Gasteiger partial charge in [0.05, 0.1) is 0 Å². The van der Waals surface area contributed by atoms with Crippen LogP contribution in [-0.2, 0) is 0 Å². The molecule has 1 aliphatic heterocycles. The van der Waals surface area contributed by atoms with Gasteiger partial charge in [0.1, 0.15) is 17.5 Å². The molecule has 0 amide bonds. The Bertz CT molecular complexity index is 897. The molecule has 3 aromatic heterocycles. The van der Waals surface area contributed by atoms with Crippen LogP contribution in [0.3, 0.4) is 0 Å². The van der Waals surface area contributed by atoms with Crippen LogP contribution in [0.25, 0.3) is 0 Å². The van der Waals surface area contributed by atoms with Gasteiger partial charge < -0.3 is 10.2 Å². The van der Waals surface area contributed by atoms with Crippen molar-refractivity contribution in [1.29, 1.82) is 0 Å². The lowest BCUT2D eigenvalue weighted by Gasteiger charge is -2.16. The molecule has 1 atom stereocenters. The predicted molar refractivity (Wildman–Crippen MR) is 101 cm³/mol. The summed E-state index contributed by atoms with van der Waals surface area (Å²) in [7, 11) is 0. The zero-order valence-electron chi connectivity index (χ0n) is 14.9. The van der Waals surface area contributed by atoms with Gasteiger partial charge in [0, 0.05) is 49.4 Å². The molecular formula is C19H21N7. The summed E-state index contributed by atoms with van der Waals surface area (Å²) in [6.45, 7) is 5.76. The van der Waals surface area contributed by atoms with Gasteiger partial charge in [0.25, 0.3) is 0 Å². The third-order valence-corrected chi connectivity index (χ3v) is 4.52. The number of rotatable bonds is 4. The van der Waals surface area contributed by atoms with Crippen LogP contribution >= 0.6 is 0 Å². The largest absolute Gasteiger partial charge is 0.340 e. The van der Waals surface area contributed by atoms with Crippen LogP contribution in [-0.4, -0.2) is 38.0 Å². The number of anilines is 3. The van der Waals surface area contributed by atoms with Gasteiger partial charge in [-0.25, -0.2) is 24.9 Å². The van der Waals surface area contributed by atoms with Crippen molar-refractivity contribution in [2.75, 3.05) is 23.3 Å². The van der Waals surface area contributed by atoms with E-state index in [1.165, 1.54) is 0 Å².